The molecular formula is C21H18N4O2. The molecule has 0 fully saturated rings. The number of hydrogen-bond acceptors (Lipinski definition) is 4. The second-order valence-corrected chi connectivity index (χ2v) is 6.33. The van der Waals surface area contributed by atoms with Gasteiger partial charge in [-0.1, -0.05) is 30.3 Å². The molecule has 0 amide bonds. The zero-order valence-corrected chi connectivity index (χ0v) is 15.0. The molecule has 0 saturated heterocycles. The molecule has 0 aliphatic rings. The Kier molecular flexibility index (Phi) is 4.16. The van der Waals surface area contributed by atoms with Crippen molar-refractivity contribution in [1.82, 2.24) is 19.7 Å². The monoisotopic (exact) mass is 358 g/mol. The zero-order chi connectivity index (χ0) is 19.0. The van der Waals surface area contributed by atoms with Crippen molar-refractivity contribution in [3.8, 4) is 22.4 Å². The highest BCUT2D eigenvalue weighted by atomic mass is 16.4. The highest BCUT2D eigenvalue weighted by molar-refractivity contribution is 6.10. The van der Waals surface area contributed by atoms with Gasteiger partial charge in [0.2, 0.25) is 0 Å². The summed E-state index contributed by atoms with van der Waals surface area (Å²) in [6, 6.07) is 11.3. The molecule has 27 heavy (non-hydrogen) atoms. The Balaban J connectivity index is 2.18. The molecule has 0 atom stereocenters. The minimum Gasteiger partial charge on any atom is -0.478 e. The highest BCUT2D eigenvalue weighted by Crippen LogP contribution is 2.37. The summed E-state index contributed by atoms with van der Waals surface area (Å²) in [5, 5.41) is 15.2. The Morgan fingerprint density at radius 1 is 1.11 bits per heavy atom. The van der Waals surface area contributed by atoms with Crippen molar-refractivity contribution in [1.29, 1.82) is 0 Å². The van der Waals surface area contributed by atoms with Gasteiger partial charge in [-0.2, -0.15) is 5.10 Å². The molecule has 0 saturated carbocycles. The van der Waals surface area contributed by atoms with Crippen LogP contribution in [-0.4, -0.2) is 30.8 Å². The van der Waals surface area contributed by atoms with Crippen molar-refractivity contribution < 1.29 is 9.90 Å². The third-order valence-electron chi connectivity index (χ3n) is 4.51. The SMILES string of the molecule is CCn1ncc2c(-c3cncc(C)c3)c(C(=O)O)c(-c3ccccc3)nc21. The Hall–Kier alpha value is -3.54. The van der Waals surface area contributed by atoms with Gasteiger partial charge in [0, 0.05) is 41.0 Å². The van der Waals surface area contributed by atoms with Crippen LogP contribution in [0.5, 0.6) is 0 Å². The maximum atomic E-state index is 12.3. The third-order valence-corrected chi connectivity index (χ3v) is 4.51. The summed E-state index contributed by atoms with van der Waals surface area (Å²) in [5.41, 5.74) is 4.31. The summed E-state index contributed by atoms with van der Waals surface area (Å²) < 4.78 is 1.78. The van der Waals surface area contributed by atoms with Crippen molar-refractivity contribution in [3.63, 3.8) is 0 Å². The van der Waals surface area contributed by atoms with Crippen LogP contribution < -0.4 is 0 Å². The van der Waals surface area contributed by atoms with Crippen molar-refractivity contribution >= 4 is 17.0 Å². The minimum absolute atomic E-state index is 0.164. The Morgan fingerprint density at radius 2 is 1.89 bits per heavy atom. The van der Waals surface area contributed by atoms with Crippen molar-refractivity contribution in [2.24, 2.45) is 0 Å². The fraction of sp³-hybridized carbons (Fsp3) is 0.143. The van der Waals surface area contributed by atoms with Gasteiger partial charge in [-0.05, 0) is 25.5 Å². The van der Waals surface area contributed by atoms with Gasteiger partial charge in [-0.3, -0.25) is 4.98 Å². The molecule has 6 heteroatoms. The van der Waals surface area contributed by atoms with E-state index >= 15 is 0 Å². The summed E-state index contributed by atoms with van der Waals surface area (Å²) >= 11 is 0. The lowest BCUT2D eigenvalue weighted by Crippen LogP contribution is -2.07. The normalized spacial score (nSPS) is 11.0. The number of nitrogens with zero attached hydrogens (tertiary/aromatic N) is 4. The molecule has 4 rings (SSSR count). The van der Waals surface area contributed by atoms with Gasteiger partial charge < -0.3 is 5.11 Å². The first-order valence-corrected chi connectivity index (χ1v) is 8.70. The number of carboxylic acid groups (broad SMARTS) is 1. The lowest BCUT2D eigenvalue weighted by Gasteiger charge is -2.14. The Labute approximate surface area is 156 Å². The van der Waals surface area contributed by atoms with Crippen molar-refractivity contribution in [3.05, 3.63) is 66.1 Å². The smallest absolute Gasteiger partial charge is 0.338 e. The van der Waals surface area contributed by atoms with E-state index in [1.54, 1.807) is 23.3 Å². The predicted molar refractivity (Wildman–Crippen MR) is 104 cm³/mol. The molecule has 0 spiro atoms. The third kappa shape index (κ3) is 2.85. The van der Waals surface area contributed by atoms with E-state index in [9.17, 15) is 9.90 Å². The van der Waals surface area contributed by atoms with Crippen molar-refractivity contribution in [2.75, 3.05) is 0 Å². The second-order valence-electron chi connectivity index (χ2n) is 6.33. The van der Waals surface area contributed by atoms with Crippen LogP contribution in [0, 0.1) is 6.92 Å². The zero-order valence-electron chi connectivity index (χ0n) is 15.0. The summed E-state index contributed by atoms with van der Waals surface area (Å²) in [5.74, 6) is -1.02. The lowest BCUT2D eigenvalue weighted by molar-refractivity contribution is 0.0698. The first kappa shape index (κ1) is 16.9. The van der Waals surface area contributed by atoms with E-state index in [1.165, 1.54) is 0 Å². The average molecular weight is 358 g/mol. The van der Waals surface area contributed by atoms with Gasteiger partial charge in [0.05, 0.1) is 17.5 Å². The number of pyridine rings is 2. The first-order chi connectivity index (χ1) is 13.1. The molecule has 134 valence electrons. The van der Waals surface area contributed by atoms with Gasteiger partial charge in [0.15, 0.2) is 5.65 Å². The quantitative estimate of drug-likeness (QED) is 0.592. The van der Waals surface area contributed by atoms with Crippen LogP contribution in [0.2, 0.25) is 0 Å². The molecule has 0 unspecified atom stereocenters. The van der Waals surface area contributed by atoms with Crippen LogP contribution in [0.4, 0.5) is 0 Å². The number of carboxylic acids is 1. The molecular weight excluding hydrogens is 340 g/mol. The topological polar surface area (TPSA) is 80.9 Å². The molecule has 0 radical (unpaired) electrons. The number of aromatic carboxylic acids is 1. The molecule has 4 aromatic rings. The average Bonchev–Trinajstić information content (AvgIpc) is 3.09. The van der Waals surface area contributed by atoms with Crippen LogP contribution in [0.1, 0.15) is 22.8 Å². The summed E-state index contributed by atoms with van der Waals surface area (Å²) in [6.45, 7) is 4.56. The number of aryl methyl sites for hydroxylation is 2. The van der Waals surface area contributed by atoms with E-state index in [0.717, 1.165) is 16.7 Å². The van der Waals surface area contributed by atoms with E-state index in [1.807, 2.05) is 50.2 Å². The van der Waals surface area contributed by atoms with Gasteiger partial charge in [0.1, 0.15) is 0 Å². The number of carbonyl (C=O) groups is 1. The number of rotatable bonds is 4. The number of benzene rings is 1. The standard InChI is InChI=1S/C21H18N4O2/c1-3-25-20-16(12-23-25)17(15-9-13(2)10-22-11-15)18(21(26)27)19(24-20)14-7-5-4-6-8-14/h4-12H,3H2,1-2H3,(H,26,27). The van der Waals surface area contributed by atoms with E-state index < -0.39 is 5.97 Å². The maximum absolute atomic E-state index is 12.3. The van der Waals surface area contributed by atoms with Crippen LogP contribution in [-0.2, 0) is 6.54 Å². The van der Waals surface area contributed by atoms with E-state index in [-0.39, 0.29) is 5.56 Å². The van der Waals surface area contributed by atoms with Gasteiger partial charge in [0.25, 0.3) is 0 Å². The number of aromatic nitrogens is 4. The van der Waals surface area contributed by atoms with Crippen LogP contribution in [0.3, 0.4) is 0 Å². The van der Waals surface area contributed by atoms with E-state index in [2.05, 4.69) is 10.1 Å². The van der Waals surface area contributed by atoms with Crippen LogP contribution >= 0.6 is 0 Å². The summed E-state index contributed by atoms with van der Waals surface area (Å²) in [7, 11) is 0. The number of fused-ring (bicyclic) bond motifs is 1. The van der Waals surface area contributed by atoms with Crippen LogP contribution in [0.15, 0.2) is 55.0 Å². The lowest BCUT2D eigenvalue weighted by atomic mass is 9.94. The second kappa shape index (κ2) is 6.64. The summed E-state index contributed by atoms with van der Waals surface area (Å²) in [4.78, 5) is 21.3. The molecule has 0 aliphatic heterocycles. The summed E-state index contributed by atoms with van der Waals surface area (Å²) in [6.07, 6.45) is 5.12. The first-order valence-electron chi connectivity index (χ1n) is 8.70. The van der Waals surface area contributed by atoms with E-state index in [0.29, 0.717) is 28.8 Å². The van der Waals surface area contributed by atoms with Gasteiger partial charge in [-0.25, -0.2) is 14.5 Å². The molecule has 3 aromatic heterocycles. The molecule has 0 bridgehead atoms. The van der Waals surface area contributed by atoms with Crippen LogP contribution in [0.25, 0.3) is 33.4 Å². The molecule has 6 nitrogen and oxygen atoms in total. The molecule has 1 N–H and O–H groups in total. The number of hydrogen-bond donors (Lipinski definition) is 1. The van der Waals surface area contributed by atoms with Gasteiger partial charge >= 0.3 is 5.97 Å². The largest absolute Gasteiger partial charge is 0.478 e. The van der Waals surface area contributed by atoms with Crippen molar-refractivity contribution in [2.45, 2.75) is 20.4 Å². The predicted octanol–water partition coefficient (Wildman–Crippen LogP) is 4.19. The molecule has 1 aromatic carbocycles. The maximum Gasteiger partial charge on any atom is 0.338 e. The van der Waals surface area contributed by atoms with Gasteiger partial charge in [-0.15, -0.1) is 0 Å². The minimum atomic E-state index is -1.02. The molecule has 3 heterocycles. The van der Waals surface area contributed by atoms with E-state index in [4.69, 9.17) is 4.98 Å². The highest BCUT2D eigenvalue weighted by Gasteiger charge is 2.25. The Bertz CT molecular complexity index is 1150. The Morgan fingerprint density at radius 3 is 2.56 bits per heavy atom. The molecule has 0 aliphatic carbocycles. The fourth-order valence-electron chi connectivity index (χ4n) is 3.32. The fourth-order valence-corrected chi connectivity index (χ4v) is 3.32.